The number of furan rings is 1. The largest absolute Gasteiger partial charge is 0.438 e. The van der Waals surface area contributed by atoms with E-state index >= 15 is 0 Å². The van der Waals surface area contributed by atoms with Gasteiger partial charge in [-0.05, 0) is 68.5 Å². The van der Waals surface area contributed by atoms with E-state index in [1.807, 2.05) is 0 Å². The minimum atomic E-state index is -3.74. The zero-order chi connectivity index (χ0) is 23.4. The van der Waals surface area contributed by atoms with E-state index in [1.165, 1.54) is 22.9 Å². The van der Waals surface area contributed by atoms with Gasteiger partial charge in [-0.2, -0.15) is 4.31 Å². The summed E-state index contributed by atoms with van der Waals surface area (Å²) in [6.07, 6.45) is 8.18. The van der Waals surface area contributed by atoms with Gasteiger partial charge in [-0.3, -0.25) is 9.59 Å². The van der Waals surface area contributed by atoms with Crippen LogP contribution in [0.4, 0.5) is 5.69 Å². The van der Waals surface area contributed by atoms with Gasteiger partial charge in [0.1, 0.15) is 0 Å². The first-order valence-electron chi connectivity index (χ1n) is 11.7. The van der Waals surface area contributed by atoms with Crippen molar-refractivity contribution in [3.63, 3.8) is 0 Å². The number of sulfonamides is 1. The van der Waals surface area contributed by atoms with Gasteiger partial charge in [0.2, 0.25) is 5.09 Å². The van der Waals surface area contributed by atoms with Crippen LogP contribution in [0.15, 0.2) is 39.8 Å². The molecule has 1 aromatic heterocycles. The molecule has 1 aliphatic carbocycles. The molecule has 8 nitrogen and oxygen atoms in total. The molecule has 2 fully saturated rings. The summed E-state index contributed by atoms with van der Waals surface area (Å²) in [5.74, 6) is -0.733. The number of nitrogens with one attached hydrogen (secondary N) is 2. The first-order valence-corrected chi connectivity index (χ1v) is 13.1. The SMILES string of the molecule is Cc1cc(C(=O)NC2CCCCC2)ccc1NC(=O)c1ccc(S(=O)(=O)N2CCCCC2)o1. The minimum Gasteiger partial charge on any atom is -0.438 e. The Kier molecular flexibility index (Phi) is 7.19. The highest BCUT2D eigenvalue weighted by molar-refractivity contribution is 7.89. The summed E-state index contributed by atoms with van der Waals surface area (Å²) in [6, 6.07) is 8.01. The van der Waals surface area contributed by atoms with Crippen molar-refractivity contribution >= 4 is 27.5 Å². The van der Waals surface area contributed by atoms with E-state index in [2.05, 4.69) is 10.6 Å². The lowest BCUT2D eigenvalue weighted by atomic mass is 9.95. The maximum Gasteiger partial charge on any atom is 0.291 e. The Bertz CT molecular complexity index is 1110. The molecule has 2 aromatic rings. The number of hydrogen-bond donors (Lipinski definition) is 2. The van der Waals surface area contributed by atoms with Crippen LogP contribution < -0.4 is 10.6 Å². The van der Waals surface area contributed by atoms with Crippen LogP contribution in [0.3, 0.4) is 0 Å². The fraction of sp³-hybridized carbons (Fsp3) is 0.500. The van der Waals surface area contributed by atoms with Crippen molar-refractivity contribution in [3.8, 4) is 0 Å². The smallest absolute Gasteiger partial charge is 0.291 e. The summed E-state index contributed by atoms with van der Waals surface area (Å²) >= 11 is 0. The van der Waals surface area contributed by atoms with Gasteiger partial charge >= 0.3 is 0 Å². The van der Waals surface area contributed by atoms with Crippen LogP contribution in [-0.2, 0) is 10.0 Å². The van der Waals surface area contributed by atoms with Gasteiger partial charge in [-0.15, -0.1) is 0 Å². The van der Waals surface area contributed by atoms with E-state index in [9.17, 15) is 18.0 Å². The van der Waals surface area contributed by atoms with Crippen molar-refractivity contribution in [1.29, 1.82) is 0 Å². The maximum absolute atomic E-state index is 12.7. The van der Waals surface area contributed by atoms with Gasteiger partial charge in [-0.25, -0.2) is 8.42 Å². The predicted molar refractivity (Wildman–Crippen MR) is 125 cm³/mol. The highest BCUT2D eigenvalue weighted by Crippen LogP contribution is 2.24. The molecule has 1 saturated carbocycles. The summed E-state index contributed by atoms with van der Waals surface area (Å²) in [4.78, 5) is 25.2. The first-order chi connectivity index (χ1) is 15.8. The first kappa shape index (κ1) is 23.5. The number of anilines is 1. The summed E-state index contributed by atoms with van der Waals surface area (Å²) in [6.45, 7) is 2.73. The Balaban J connectivity index is 1.41. The standard InChI is InChI=1S/C24H31N3O5S/c1-17-16-18(23(28)25-19-8-4-2-5-9-19)10-11-20(17)26-24(29)21-12-13-22(32-21)33(30,31)27-14-6-3-7-15-27/h10-13,16,19H,2-9,14-15H2,1H3,(H,25,28)(H,26,29). The van der Waals surface area contributed by atoms with Crippen molar-refractivity contribution in [2.24, 2.45) is 0 Å². The molecule has 2 amide bonds. The second kappa shape index (κ2) is 10.1. The van der Waals surface area contributed by atoms with Gasteiger partial charge < -0.3 is 15.1 Å². The van der Waals surface area contributed by atoms with Crippen molar-refractivity contribution in [3.05, 3.63) is 47.2 Å². The van der Waals surface area contributed by atoms with Crippen molar-refractivity contribution in [2.45, 2.75) is 69.4 Å². The molecule has 0 bridgehead atoms. The van der Waals surface area contributed by atoms with Gasteiger partial charge in [0.15, 0.2) is 5.76 Å². The van der Waals surface area contributed by atoms with E-state index < -0.39 is 15.9 Å². The Morgan fingerprint density at radius 2 is 1.64 bits per heavy atom. The number of nitrogens with zero attached hydrogens (tertiary/aromatic N) is 1. The predicted octanol–water partition coefficient (Wildman–Crippen LogP) is 4.08. The number of benzene rings is 1. The van der Waals surface area contributed by atoms with Crippen LogP contribution >= 0.6 is 0 Å². The number of hydrogen-bond acceptors (Lipinski definition) is 5. The Hall–Kier alpha value is -2.65. The number of carbonyl (C=O) groups excluding carboxylic acids is 2. The Morgan fingerprint density at radius 1 is 0.939 bits per heavy atom. The molecule has 4 rings (SSSR count). The molecular weight excluding hydrogens is 442 g/mol. The Labute approximate surface area is 194 Å². The van der Waals surface area contributed by atoms with Crippen LogP contribution in [-0.4, -0.2) is 43.7 Å². The summed E-state index contributed by atoms with van der Waals surface area (Å²) in [7, 11) is -3.74. The number of carbonyl (C=O) groups is 2. The topological polar surface area (TPSA) is 109 Å². The third-order valence-electron chi connectivity index (χ3n) is 6.39. The molecule has 33 heavy (non-hydrogen) atoms. The maximum atomic E-state index is 12.7. The van der Waals surface area contributed by atoms with E-state index in [0.29, 0.717) is 24.3 Å². The fourth-order valence-corrected chi connectivity index (χ4v) is 5.89. The van der Waals surface area contributed by atoms with Crippen LogP contribution in [0.1, 0.15) is 77.8 Å². The number of rotatable bonds is 6. The second-order valence-electron chi connectivity index (χ2n) is 8.88. The number of piperidine rings is 1. The lowest BCUT2D eigenvalue weighted by molar-refractivity contribution is 0.0927. The lowest BCUT2D eigenvalue weighted by Gasteiger charge is -2.24. The number of aryl methyl sites for hydroxylation is 1. The molecule has 0 spiro atoms. The molecule has 9 heteroatoms. The normalized spacial score (nSPS) is 18.1. The molecule has 2 aliphatic rings. The zero-order valence-electron chi connectivity index (χ0n) is 18.9. The van der Waals surface area contributed by atoms with Crippen molar-refractivity contribution < 1.29 is 22.4 Å². The molecule has 0 radical (unpaired) electrons. The van der Waals surface area contributed by atoms with E-state index in [-0.39, 0.29) is 22.8 Å². The third-order valence-corrected chi connectivity index (χ3v) is 8.16. The molecule has 0 unspecified atom stereocenters. The fourth-order valence-electron chi connectivity index (χ4n) is 4.46. The average molecular weight is 474 g/mol. The molecule has 0 atom stereocenters. The molecule has 1 aliphatic heterocycles. The lowest BCUT2D eigenvalue weighted by Crippen LogP contribution is -2.36. The zero-order valence-corrected chi connectivity index (χ0v) is 19.7. The molecule has 1 saturated heterocycles. The van der Waals surface area contributed by atoms with Crippen LogP contribution in [0.25, 0.3) is 0 Å². The van der Waals surface area contributed by atoms with Gasteiger partial charge in [0, 0.05) is 30.4 Å². The van der Waals surface area contributed by atoms with Crippen molar-refractivity contribution in [1.82, 2.24) is 9.62 Å². The molecular formula is C24H31N3O5S. The van der Waals surface area contributed by atoms with Gasteiger partial charge in [0.25, 0.3) is 21.8 Å². The highest BCUT2D eigenvalue weighted by Gasteiger charge is 2.29. The van der Waals surface area contributed by atoms with Crippen LogP contribution in [0.2, 0.25) is 0 Å². The van der Waals surface area contributed by atoms with Crippen LogP contribution in [0, 0.1) is 6.92 Å². The summed E-state index contributed by atoms with van der Waals surface area (Å²) in [5, 5.41) is 5.61. The second-order valence-corrected chi connectivity index (χ2v) is 10.7. The summed E-state index contributed by atoms with van der Waals surface area (Å²) in [5.41, 5.74) is 1.81. The Morgan fingerprint density at radius 3 is 2.33 bits per heavy atom. The molecule has 2 N–H and O–H groups in total. The van der Waals surface area contributed by atoms with E-state index in [1.54, 1.807) is 25.1 Å². The van der Waals surface area contributed by atoms with Crippen molar-refractivity contribution in [2.75, 3.05) is 18.4 Å². The number of amides is 2. The molecule has 178 valence electrons. The molecule has 2 heterocycles. The van der Waals surface area contributed by atoms with E-state index in [4.69, 9.17) is 4.42 Å². The van der Waals surface area contributed by atoms with Gasteiger partial charge in [0.05, 0.1) is 0 Å². The molecule has 1 aromatic carbocycles. The monoisotopic (exact) mass is 473 g/mol. The quantitative estimate of drug-likeness (QED) is 0.657. The minimum absolute atomic E-state index is 0.0795. The third kappa shape index (κ3) is 5.47. The van der Waals surface area contributed by atoms with Crippen LogP contribution in [0.5, 0.6) is 0 Å². The van der Waals surface area contributed by atoms with E-state index in [0.717, 1.165) is 50.5 Å². The highest BCUT2D eigenvalue weighted by atomic mass is 32.2. The van der Waals surface area contributed by atoms with Gasteiger partial charge in [-0.1, -0.05) is 25.7 Å². The summed E-state index contributed by atoms with van der Waals surface area (Å²) < 4.78 is 32.3. The average Bonchev–Trinajstić information content (AvgIpc) is 3.33.